The number of fused-ring (bicyclic) bond motifs is 1. The highest BCUT2D eigenvalue weighted by molar-refractivity contribution is 9.10. The van der Waals surface area contributed by atoms with E-state index in [1.54, 1.807) is 6.07 Å². The van der Waals surface area contributed by atoms with Crippen LogP contribution >= 0.6 is 15.9 Å². The number of nitrogens with two attached hydrogens (primary N) is 1. The Bertz CT molecular complexity index is 446. The zero-order chi connectivity index (χ0) is 13.8. The number of hydrogen-bond donors (Lipinski definition) is 2. The molecule has 1 heterocycles. The Balaban J connectivity index is 2.20. The quantitative estimate of drug-likeness (QED) is 0.864. The van der Waals surface area contributed by atoms with E-state index < -0.39 is 13.0 Å². The number of benzene rings is 1. The Hall–Kier alpha value is -0.920. The van der Waals surface area contributed by atoms with Gasteiger partial charge in [-0.1, -0.05) is 0 Å². The van der Waals surface area contributed by atoms with E-state index in [9.17, 15) is 8.78 Å². The smallest absolute Gasteiger partial charge is 0.250 e. The molecule has 1 aliphatic heterocycles. The molecule has 1 unspecified atom stereocenters. The van der Waals surface area contributed by atoms with Gasteiger partial charge in [-0.15, -0.1) is 0 Å². The van der Waals surface area contributed by atoms with Crippen LogP contribution in [-0.4, -0.2) is 32.7 Å². The van der Waals surface area contributed by atoms with Crippen molar-refractivity contribution in [2.24, 2.45) is 5.73 Å². The third kappa shape index (κ3) is 3.55. The van der Waals surface area contributed by atoms with E-state index in [4.69, 9.17) is 15.2 Å². The molecule has 3 N–H and O–H groups in total. The summed E-state index contributed by atoms with van der Waals surface area (Å²) in [4.78, 5) is 0. The first kappa shape index (κ1) is 14.5. The van der Waals surface area contributed by atoms with Crippen molar-refractivity contribution in [3.8, 4) is 11.5 Å². The van der Waals surface area contributed by atoms with Gasteiger partial charge in [0, 0.05) is 12.6 Å². The van der Waals surface area contributed by atoms with Crippen LogP contribution in [0.15, 0.2) is 16.6 Å². The lowest BCUT2D eigenvalue weighted by Crippen LogP contribution is -2.32. The Labute approximate surface area is 118 Å². The molecule has 0 amide bonds. The molecule has 4 nitrogen and oxygen atoms in total. The van der Waals surface area contributed by atoms with E-state index in [1.165, 1.54) is 0 Å². The summed E-state index contributed by atoms with van der Waals surface area (Å²) in [6, 6.07) is 3.24. The van der Waals surface area contributed by atoms with Crippen molar-refractivity contribution in [1.29, 1.82) is 0 Å². The van der Waals surface area contributed by atoms with Crippen LogP contribution in [0, 0.1) is 0 Å². The lowest BCUT2D eigenvalue weighted by molar-refractivity contribution is 0.141. The van der Waals surface area contributed by atoms with Crippen molar-refractivity contribution < 1.29 is 18.3 Å². The highest BCUT2D eigenvalue weighted by atomic mass is 79.9. The molecule has 0 saturated carbocycles. The largest absolute Gasteiger partial charge is 0.486 e. The minimum atomic E-state index is -2.41. The molecule has 1 aromatic carbocycles. The molecule has 0 saturated heterocycles. The van der Waals surface area contributed by atoms with Crippen LogP contribution in [0.25, 0.3) is 0 Å². The fourth-order valence-corrected chi connectivity index (χ4v) is 2.47. The summed E-state index contributed by atoms with van der Waals surface area (Å²) in [6.07, 6.45) is -2.41. The predicted molar refractivity (Wildman–Crippen MR) is 70.9 cm³/mol. The van der Waals surface area contributed by atoms with E-state index >= 15 is 0 Å². The standard InChI is InChI=1S/C12H15BrF2N2O2/c13-8-3-7(9(5-16)17-6-11(14)15)4-10-12(8)19-2-1-18-10/h3-4,9,11,17H,1-2,5-6,16H2. The van der Waals surface area contributed by atoms with E-state index in [-0.39, 0.29) is 12.6 Å². The second-order valence-electron chi connectivity index (χ2n) is 4.11. The van der Waals surface area contributed by atoms with Gasteiger partial charge in [-0.2, -0.15) is 0 Å². The van der Waals surface area contributed by atoms with Crippen molar-refractivity contribution in [1.82, 2.24) is 5.32 Å². The maximum atomic E-state index is 12.2. The van der Waals surface area contributed by atoms with Gasteiger partial charge >= 0.3 is 0 Å². The van der Waals surface area contributed by atoms with Gasteiger partial charge in [-0.3, -0.25) is 0 Å². The number of ether oxygens (including phenoxy) is 2. The Morgan fingerprint density at radius 1 is 1.32 bits per heavy atom. The monoisotopic (exact) mass is 336 g/mol. The molecule has 1 atom stereocenters. The van der Waals surface area contributed by atoms with Crippen LogP contribution in [0.2, 0.25) is 0 Å². The van der Waals surface area contributed by atoms with Crippen LogP contribution in [0.4, 0.5) is 8.78 Å². The predicted octanol–water partition coefficient (Wildman–Crippen LogP) is 2.07. The maximum Gasteiger partial charge on any atom is 0.250 e. The van der Waals surface area contributed by atoms with Gasteiger partial charge in [0.1, 0.15) is 13.2 Å². The van der Waals surface area contributed by atoms with Gasteiger partial charge in [-0.05, 0) is 33.6 Å². The first-order valence-corrected chi connectivity index (χ1v) is 6.71. The molecule has 1 aliphatic rings. The van der Waals surface area contributed by atoms with Gasteiger partial charge < -0.3 is 20.5 Å². The topological polar surface area (TPSA) is 56.5 Å². The maximum absolute atomic E-state index is 12.2. The molecular formula is C12H15BrF2N2O2. The Morgan fingerprint density at radius 2 is 2.05 bits per heavy atom. The number of hydrogen-bond acceptors (Lipinski definition) is 4. The molecule has 2 rings (SSSR count). The molecule has 106 valence electrons. The van der Waals surface area contributed by atoms with Crippen LogP contribution in [0.3, 0.4) is 0 Å². The summed E-state index contributed by atoms with van der Waals surface area (Å²) < 4.78 is 36.2. The molecular weight excluding hydrogens is 322 g/mol. The first-order valence-electron chi connectivity index (χ1n) is 5.92. The fourth-order valence-electron chi connectivity index (χ4n) is 1.90. The molecule has 0 fully saturated rings. The highest BCUT2D eigenvalue weighted by Gasteiger charge is 2.20. The highest BCUT2D eigenvalue weighted by Crippen LogP contribution is 2.39. The first-order chi connectivity index (χ1) is 9.11. The SMILES string of the molecule is NCC(NCC(F)F)c1cc(Br)c2c(c1)OCCO2. The second kappa shape index (κ2) is 6.49. The normalized spacial score (nSPS) is 15.6. The summed E-state index contributed by atoms with van der Waals surface area (Å²) in [5.74, 6) is 1.24. The molecule has 0 spiro atoms. The minimum Gasteiger partial charge on any atom is -0.486 e. The van der Waals surface area contributed by atoms with Crippen molar-refractivity contribution in [2.45, 2.75) is 12.5 Å². The van der Waals surface area contributed by atoms with Crippen LogP contribution in [-0.2, 0) is 0 Å². The van der Waals surface area contributed by atoms with Crippen molar-refractivity contribution in [2.75, 3.05) is 26.3 Å². The third-order valence-electron chi connectivity index (χ3n) is 2.78. The molecule has 0 radical (unpaired) electrons. The molecule has 19 heavy (non-hydrogen) atoms. The van der Waals surface area contributed by atoms with E-state index in [0.29, 0.717) is 24.7 Å². The molecule has 0 aromatic heterocycles. The van der Waals surface area contributed by atoms with E-state index in [1.807, 2.05) is 6.07 Å². The van der Waals surface area contributed by atoms with Crippen LogP contribution < -0.4 is 20.5 Å². The van der Waals surface area contributed by atoms with Gasteiger partial charge in [-0.25, -0.2) is 8.78 Å². The fraction of sp³-hybridized carbons (Fsp3) is 0.500. The van der Waals surface area contributed by atoms with Crippen molar-refractivity contribution in [3.05, 3.63) is 22.2 Å². The Kier molecular flexibility index (Phi) is 4.95. The summed E-state index contributed by atoms with van der Waals surface area (Å²) in [5, 5.41) is 2.73. The van der Waals surface area contributed by atoms with Crippen LogP contribution in [0.5, 0.6) is 11.5 Å². The summed E-state index contributed by atoms with van der Waals surface area (Å²) in [7, 11) is 0. The zero-order valence-corrected chi connectivity index (χ0v) is 11.8. The van der Waals surface area contributed by atoms with E-state index in [2.05, 4.69) is 21.2 Å². The molecule has 7 heteroatoms. The van der Waals surface area contributed by atoms with Gasteiger partial charge in [0.2, 0.25) is 0 Å². The van der Waals surface area contributed by atoms with Crippen molar-refractivity contribution in [3.63, 3.8) is 0 Å². The Morgan fingerprint density at radius 3 is 2.74 bits per heavy atom. The summed E-state index contributed by atoms with van der Waals surface area (Å²) >= 11 is 3.39. The summed E-state index contributed by atoms with van der Waals surface area (Å²) in [5.41, 5.74) is 6.41. The number of halogens is 3. The minimum absolute atomic E-state index is 0.221. The van der Waals surface area contributed by atoms with Gasteiger partial charge in [0.05, 0.1) is 11.0 Å². The summed E-state index contributed by atoms with van der Waals surface area (Å²) in [6.45, 7) is 0.794. The number of alkyl halides is 2. The van der Waals surface area contributed by atoms with Crippen LogP contribution in [0.1, 0.15) is 11.6 Å². The molecule has 0 aliphatic carbocycles. The lowest BCUT2D eigenvalue weighted by Gasteiger charge is -2.23. The lowest BCUT2D eigenvalue weighted by atomic mass is 10.1. The average molecular weight is 337 g/mol. The second-order valence-corrected chi connectivity index (χ2v) is 4.97. The van der Waals surface area contributed by atoms with Gasteiger partial charge in [0.15, 0.2) is 11.5 Å². The average Bonchev–Trinajstić information content (AvgIpc) is 2.39. The van der Waals surface area contributed by atoms with Gasteiger partial charge in [0.25, 0.3) is 6.43 Å². The number of rotatable bonds is 5. The third-order valence-corrected chi connectivity index (χ3v) is 3.36. The van der Waals surface area contributed by atoms with E-state index in [0.717, 1.165) is 10.0 Å². The van der Waals surface area contributed by atoms with Crippen molar-refractivity contribution >= 4 is 15.9 Å². The number of nitrogens with one attached hydrogen (secondary N) is 1. The zero-order valence-electron chi connectivity index (χ0n) is 10.2. The molecule has 1 aromatic rings. The molecule has 0 bridgehead atoms.